The van der Waals surface area contributed by atoms with E-state index in [2.05, 4.69) is 10.6 Å². The van der Waals surface area contributed by atoms with Gasteiger partial charge in [-0.3, -0.25) is 9.59 Å². The van der Waals surface area contributed by atoms with E-state index in [0.29, 0.717) is 19.4 Å². The second-order valence-corrected chi connectivity index (χ2v) is 5.02. The fourth-order valence-corrected chi connectivity index (χ4v) is 2.06. The van der Waals surface area contributed by atoms with E-state index >= 15 is 0 Å². The van der Waals surface area contributed by atoms with Crippen LogP contribution in [0.1, 0.15) is 25.7 Å². The van der Waals surface area contributed by atoms with E-state index in [4.69, 9.17) is 10.8 Å². The summed E-state index contributed by atoms with van der Waals surface area (Å²) in [6, 6.07) is -2.04. The highest BCUT2D eigenvalue weighted by molar-refractivity contribution is 5.84. The Morgan fingerprint density at radius 2 is 2.14 bits per heavy atom. The third-order valence-electron chi connectivity index (χ3n) is 3.24. The molecule has 0 aromatic rings. The molecule has 1 heterocycles. The summed E-state index contributed by atoms with van der Waals surface area (Å²) in [6.07, 6.45) is 0.653. The normalized spacial score (nSPS) is 19.8. The van der Waals surface area contributed by atoms with Crippen molar-refractivity contribution < 1.29 is 24.3 Å². The van der Waals surface area contributed by atoms with Crippen molar-refractivity contribution in [1.29, 1.82) is 0 Å². The summed E-state index contributed by atoms with van der Waals surface area (Å²) in [4.78, 5) is 46.2. The molecule has 2 atom stereocenters. The monoisotopic (exact) mass is 300 g/mol. The van der Waals surface area contributed by atoms with Crippen molar-refractivity contribution in [2.24, 2.45) is 5.73 Å². The first kappa shape index (κ1) is 16.7. The lowest BCUT2D eigenvalue weighted by Gasteiger charge is -2.30. The molecule has 0 spiro atoms. The third-order valence-corrected chi connectivity index (χ3v) is 3.24. The maximum absolute atomic E-state index is 11.8. The van der Waals surface area contributed by atoms with Crippen LogP contribution in [0.5, 0.6) is 0 Å². The average molecular weight is 300 g/mol. The quantitative estimate of drug-likeness (QED) is 0.478. The molecule has 0 radical (unpaired) electrons. The summed E-state index contributed by atoms with van der Waals surface area (Å²) in [5.41, 5.74) is 4.95. The van der Waals surface area contributed by atoms with Crippen LogP contribution in [0.25, 0.3) is 0 Å². The number of nitrogens with zero attached hydrogens (tertiary/aromatic N) is 1. The van der Waals surface area contributed by atoms with Crippen LogP contribution in [0.4, 0.5) is 4.79 Å². The SMILES string of the molecule is CN1CC(NC(=O)NC(CCC(N)=O)C(=O)O)CCC1=O. The molecule has 0 bridgehead atoms. The topological polar surface area (TPSA) is 142 Å². The van der Waals surface area contributed by atoms with Gasteiger partial charge >= 0.3 is 12.0 Å². The lowest BCUT2D eigenvalue weighted by Crippen LogP contribution is -2.53. The van der Waals surface area contributed by atoms with Crippen LogP contribution in [-0.4, -0.2) is 59.5 Å². The van der Waals surface area contributed by atoms with Gasteiger partial charge in [0, 0.05) is 32.5 Å². The largest absolute Gasteiger partial charge is 0.480 e. The molecule has 21 heavy (non-hydrogen) atoms. The molecule has 0 aromatic carbocycles. The predicted octanol–water partition coefficient (Wildman–Crippen LogP) is -1.37. The summed E-state index contributed by atoms with van der Waals surface area (Å²) < 4.78 is 0. The number of likely N-dealkylation sites (N-methyl/N-ethyl adjacent to an activating group) is 1. The van der Waals surface area contributed by atoms with Crippen molar-refractivity contribution in [3.63, 3.8) is 0 Å². The molecule has 2 unspecified atom stereocenters. The number of nitrogens with one attached hydrogen (secondary N) is 2. The molecule has 1 saturated heterocycles. The summed E-state index contributed by atoms with van der Waals surface area (Å²) in [5, 5.41) is 13.9. The molecule has 118 valence electrons. The lowest BCUT2D eigenvalue weighted by atomic mass is 10.1. The van der Waals surface area contributed by atoms with Gasteiger partial charge in [0.1, 0.15) is 6.04 Å². The number of rotatable bonds is 6. The second-order valence-electron chi connectivity index (χ2n) is 5.02. The van der Waals surface area contributed by atoms with Crippen LogP contribution >= 0.6 is 0 Å². The Morgan fingerprint density at radius 3 is 2.67 bits per heavy atom. The molecular formula is C12H20N4O5. The van der Waals surface area contributed by atoms with Crippen LogP contribution in [0, 0.1) is 0 Å². The molecule has 0 aliphatic carbocycles. The Kier molecular flexibility index (Phi) is 5.94. The molecule has 5 N–H and O–H groups in total. The smallest absolute Gasteiger partial charge is 0.326 e. The highest BCUT2D eigenvalue weighted by atomic mass is 16.4. The van der Waals surface area contributed by atoms with E-state index in [1.807, 2.05) is 0 Å². The maximum Gasteiger partial charge on any atom is 0.326 e. The minimum Gasteiger partial charge on any atom is -0.480 e. The van der Waals surface area contributed by atoms with Crippen molar-refractivity contribution in [3.05, 3.63) is 0 Å². The zero-order valence-corrected chi connectivity index (χ0v) is 11.8. The first-order valence-corrected chi connectivity index (χ1v) is 6.61. The third kappa shape index (κ3) is 5.67. The summed E-state index contributed by atoms with van der Waals surface area (Å²) in [7, 11) is 1.64. The first-order chi connectivity index (χ1) is 9.79. The Hall–Kier alpha value is -2.32. The highest BCUT2D eigenvalue weighted by Gasteiger charge is 2.26. The van der Waals surface area contributed by atoms with Crippen LogP contribution in [0.15, 0.2) is 0 Å². The van der Waals surface area contributed by atoms with Crippen LogP contribution in [0.2, 0.25) is 0 Å². The lowest BCUT2D eigenvalue weighted by molar-refractivity contribution is -0.139. The minimum atomic E-state index is -1.23. The molecule has 0 saturated carbocycles. The molecule has 1 rings (SSSR count). The fraction of sp³-hybridized carbons (Fsp3) is 0.667. The predicted molar refractivity (Wildman–Crippen MR) is 72.2 cm³/mol. The molecule has 1 fully saturated rings. The van der Waals surface area contributed by atoms with E-state index in [0.717, 1.165) is 0 Å². The first-order valence-electron chi connectivity index (χ1n) is 6.61. The Morgan fingerprint density at radius 1 is 1.48 bits per heavy atom. The van der Waals surface area contributed by atoms with Crippen molar-refractivity contribution >= 4 is 23.8 Å². The van der Waals surface area contributed by atoms with Gasteiger partial charge in [-0.25, -0.2) is 9.59 Å². The summed E-state index contributed by atoms with van der Waals surface area (Å²) in [6.45, 7) is 0.380. The van der Waals surface area contributed by atoms with Crippen molar-refractivity contribution in [3.8, 4) is 0 Å². The highest BCUT2D eigenvalue weighted by Crippen LogP contribution is 2.09. The van der Waals surface area contributed by atoms with Crippen LogP contribution in [-0.2, 0) is 14.4 Å². The van der Waals surface area contributed by atoms with Crippen molar-refractivity contribution in [2.45, 2.75) is 37.8 Å². The minimum absolute atomic E-state index is 0.0123. The van der Waals surface area contributed by atoms with E-state index in [1.54, 1.807) is 7.05 Å². The number of carbonyl (C=O) groups excluding carboxylic acids is 3. The Labute approximate surface area is 121 Å². The van der Waals surface area contributed by atoms with Gasteiger partial charge in [-0.1, -0.05) is 0 Å². The number of hydrogen-bond acceptors (Lipinski definition) is 4. The number of piperidine rings is 1. The van der Waals surface area contributed by atoms with Crippen molar-refractivity contribution in [1.82, 2.24) is 15.5 Å². The number of aliphatic carboxylic acids is 1. The number of urea groups is 1. The molecule has 4 amide bonds. The zero-order valence-electron chi connectivity index (χ0n) is 11.8. The zero-order chi connectivity index (χ0) is 16.0. The number of primary amides is 1. The standard InChI is InChI=1S/C12H20N4O5/c1-16-6-7(2-5-10(16)18)14-12(21)15-8(11(19)20)3-4-9(13)17/h7-8H,2-6H2,1H3,(H2,13,17)(H,19,20)(H2,14,15,21). The molecule has 0 aromatic heterocycles. The maximum atomic E-state index is 11.8. The van der Waals surface area contributed by atoms with Gasteiger partial charge in [0.25, 0.3) is 0 Å². The van der Waals surface area contributed by atoms with E-state index in [9.17, 15) is 19.2 Å². The number of hydrogen-bond donors (Lipinski definition) is 4. The number of carbonyl (C=O) groups is 4. The Bertz CT molecular complexity index is 439. The summed E-state index contributed by atoms with van der Waals surface area (Å²) in [5.74, 6) is -1.85. The Balaban J connectivity index is 2.44. The second kappa shape index (κ2) is 7.46. The van der Waals surface area contributed by atoms with Gasteiger partial charge in [-0.2, -0.15) is 0 Å². The molecule has 9 nitrogen and oxygen atoms in total. The van der Waals surface area contributed by atoms with E-state index in [1.165, 1.54) is 4.90 Å². The van der Waals surface area contributed by atoms with Gasteiger partial charge in [0.2, 0.25) is 11.8 Å². The average Bonchev–Trinajstić information content (AvgIpc) is 2.38. The fourth-order valence-electron chi connectivity index (χ4n) is 2.06. The molecule has 9 heteroatoms. The number of likely N-dealkylation sites (tertiary alicyclic amines) is 1. The van der Waals surface area contributed by atoms with Gasteiger partial charge in [0.05, 0.1) is 0 Å². The molecular weight excluding hydrogens is 280 g/mol. The van der Waals surface area contributed by atoms with Gasteiger partial charge in [-0.15, -0.1) is 0 Å². The number of carboxylic acid groups (broad SMARTS) is 1. The van der Waals surface area contributed by atoms with Crippen LogP contribution < -0.4 is 16.4 Å². The van der Waals surface area contributed by atoms with E-state index in [-0.39, 0.29) is 24.8 Å². The number of amides is 4. The van der Waals surface area contributed by atoms with Gasteiger partial charge < -0.3 is 26.4 Å². The summed E-state index contributed by atoms with van der Waals surface area (Å²) >= 11 is 0. The van der Waals surface area contributed by atoms with Gasteiger partial charge in [-0.05, 0) is 12.8 Å². The molecule has 1 aliphatic rings. The number of nitrogens with two attached hydrogens (primary N) is 1. The van der Waals surface area contributed by atoms with Gasteiger partial charge in [0.15, 0.2) is 0 Å². The van der Waals surface area contributed by atoms with E-state index < -0.39 is 23.9 Å². The van der Waals surface area contributed by atoms with Crippen LogP contribution in [0.3, 0.4) is 0 Å². The molecule has 1 aliphatic heterocycles. The van der Waals surface area contributed by atoms with Crippen molar-refractivity contribution in [2.75, 3.05) is 13.6 Å². The number of carboxylic acids is 1.